The summed E-state index contributed by atoms with van der Waals surface area (Å²) >= 11 is 0. The maximum Gasteiger partial charge on any atom is 0.254 e. The number of carbonyl (C=O) groups is 1. The summed E-state index contributed by atoms with van der Waals surface area (Å²) in [6, 6.07) is 18.8. The molecule has 26 heavy (non-hydrogen) atoms. The summed E-state index contributed by atoms with van der Waals surface area (Å²) in [5.41, 5.74) is 3.53. The van der Waals surface area contributed by atoms with Gasteiger partial charge in [0.1, 0.15) is 0 Å². The molecule has 0 aliphatic carbocycles. The van der Waals surface area contributed by atoms with Gasteiger partial charge in [-0.25, -0.2) is 0 Å². The van der Waals surface area contributed by atoms with Crippen LogP contribution in [0.2, 0.25) is 0 Å². The molecule has 2 aromatic carbocycles. The van der Waals surface area contributed by atoms with Crippen LogP contribution in [-0.2, 0) is 5.41 Å². The number of rotatable bonds is 2. The molecule has 2 aromatic rings. The van der Waals surface area contributed by atoms with Gasteiger partial charge in [-0.1, -0.05) is 51.1 Å². The Balaban J connectivity index is 1.75. The maximum atomic E-state index is 12.9. The van der Waals surface area contributed by atoms with Crippen molar-refractivity contribution in [2.45, 2.75) is 52.1 Å². The van der Waals surface area contributed by atoms with E-state index in [1.54, 1.807) is 0 Å². The molecule has 3 rings (SSSR count). The fourth-order valence-corrected chi connectivity index (χ4v) is 3.84. The predicted octanol–water partition coefficient (Wildman–Crippen LogP) is 4.72. The Kier molecular flexibility index (Phi) is 5.08. The highest BCUT2D eigenvalue weighted by Crippen LogP contribution is 2.28. The van der Waals surface area contributed by atoms with Crippen molar-refractivity contribution in [2.24, 2.45) is 0 Å². The van der Waals surface area contributed by atoms with Gasteiger partial charge in [0, 0.05) is 36.4 Å². The minimum atomic E-state index is 0.133. The molecule has 1 aliphatic rings. The molecule has 2 atom stereocenters. The largest absolute Gasteiger partial charge is 0.367 e. The molecule has 0 bridgehead atoms. The van der Waals surface area contributed by atoms with Crippen LogP contribution in [0.5, 0.6) is 0 Å². The van der Waals surface area contributed by atoms with E-state index < -0.39 is 0 Å². The first kappa shape index (κ1) is 18.5. The molecule has 0 saturated carbocycles. The number of benzene rings is 2. The number of hydrogen-bond acceptors (Lipinski definition) is 2. The minimum Gasteiger partial charge on any atom is -0.367 e. The van der Waals surface area contributed by atoms with Crippen LogP contribution in [0.25, 0.3) is 0 Å². The Bertz CT molecular complexity index is 734. The van der Waals surface area contributed by atoms with E-state index in [4.69, 9.17) is 0 Å². The third kappa shape index (κ3) is 3.77. The fourth-order valence-electron chi connectivity index (χ4n) is 3.84. The number of amides is 1. The Morgan fingerprint density at radius 1 is 0.885 bits per heavy atom. The molecular weight excluding hydrogens is 320 g/mol. The van der Waals surface area contributed by atoms with Crippen LogP contribution < -0.4 is 4.90 Å². The van der Waals surface area contributed by atoms with Gasteiger partial charge in [-0.2, -0.15) is 0 Å². The second-order valence-corrected chi connectivity index (χ2v) is 8.48. The highest BCUT2D eigenvalue weighted by molar-refractivity contribution is 5.94. The smallest absolute Gasteiger partial charge is 0.254 e. The molecule has 0 aromatic heterocycles. The van der Waals surface area contributed by atoms with Gasteiger partial charge in [0.2, 0.25) is 0 Å². The zero-order chi connectivity index (χ0) is 18.9. The maximum absolute atomic E-state index is 12.9. The topological polar surface area (TPSA) is 23.6 Å². The summed E-state index contributed by atoms with van der Waals surface area (Å²) in [5, 5.41) is 0. The molecule has 1 amide bonds. The Labute approximate surface area is 157 Å². The van der Waals surface area contributed by atoms with Gasteiger partial charge in [-0.15, -0.1) is 0 Å². The van der Waals surface area contributed by atoms with E-state index in [1.807, 2.05) is 35.2 Å². The van der Waals surface area contributed by atoms with Crippen molar-refractivity contribution >= 4 is 11.6 Å². The van der Waals surface area contributed by atoms with Crippen molar-refractivity contribution in [2.75, 3.05) is 18.0 Å². The van der Waals surface area contributed by atoms with Crippen molar-refractivity contribution in [1.29, 1.82) is 0 Å². The van der Waals surface area contributed by atoms with Gasteiger partial charge in [0.05, 0.1) is 0 Å². The predicted molar refractivity (Wildman–Crippen MR) is 109 cm³/mol. The van der Waals surface area contributed by atoms with Crippen LogP contribution in [0.15, 0.2) is 54.6 Å². The van der Waals surface area contributed by atoms with Gasteiger partial charge >= 0.3 is 0 Å². The Morgan fingerprint density at radius 2 is 1.42 bits per heavy atom. The Morgan fingerprint density at radius 3 is 1.92 bits per heavy atom. The lowest BCUT2D eigenvalue weighted by molar-refractivity contribution is 0.0574. The third-order valence-corrected chi connectivity index (χ3v) is 5.27. The second kappa shape index (κ2) is 7.14. The molecule has 138 valence electrons. The summed E-state index contributed by atoms with van der Waals surface area (Å²) in [4.78, 5) is 17.4. The average molecular weight is 351 g/mol. The lowest BCUT2D eigenvalue weighted by atomic mass is 9.87. The highest BCUT2D eigenvalue weighted by Gasteiger charge is 2.33. The van der Waals surface area contributed by atoms with Crippen molar-refractivity contribution in [3.05, 3.63) is 65.7 Å². The van der Waals surface area contributed by atoms with E-state index in [0.717, 1.165) is 18.7 Å². The van der Waals surface area contributed by atoms with Crippen LogP contribution in [0.4, 0.5) is 5.69 Å². The quantitative estimate of drug-likeness (QED) is 0.782. The molecule has 0 spiro atoms. The summed E-state index contributed by atoms with van der Waals surface area (Å²) < 4.78 is 0. The van der Waals surface area contributed by atoms with Gasteiger partial charge in [0.15, 0.2) is 0 Å². The van der Waals surface area contributed by atoms with Gasteiger partial charge in [-0.05, 0) is 49.1 Å². The summed E-state index contributed by atoms with van der Waals surface area (Å²) in [6.07, 6.45) is 0. The van der Waals surface area contributed by atoms with Crippen molar-refractivity contribution in [1.82, 2.24) is 4.90 Å². The first-order chi connectivity index (χ1) is 12.3. The third-order valence-electron chi connectivity index (χ3n) is 5.27. The van der Waals surface area contributed by atoms with Crippen LogP contribution >= 0.6 is 0 Å². The van der Waals surface area contributed by atoms with E-state index in [-0.39, 0.29) is 23.4 Å². The van der Waals surface area contributed by atoms with E-state index in [2.05, 4.69) is 63.8 Å². The standard InChI is InChI=1S/C23H30N2O/c1-17-15-24(21-13-11-20(12-14-21)23(3,4)5)16-18(2)25(17)22(26)19-9-7-6-8-10-19/h6-14,17-18H,15-16H2,1-5H3/t17-,18-/m1/s1. The molecule has 3 heteroatoms. The van der Waals surface area contributed by atoms with Crippen LogP contribution in [0.1, 0.15) is 50.5 Å². The van der Waals surface area contributed by atoms with Crippen LogP contribution in [0, 0.1) is 0 Å². The molecule has 0 radical (unpaired) electrons. The minimum absolute atomic E-state index is 0.133. The molecule has 1 fully saturated rings. The summed E-state index contributed by atoms with van der Waals surface area (Å²) in [6.45, 7) is 12.7. The SMILES string of the molecule is C[C@@H]1CN(c2ccc(C(C)(C)C)cc2)C[C@@H](C)N1C(=O)c1ccccc1. The normalized spacial score (nSPS) is 21.0. The highest BCUT2D eigenvalue weighted by atomic mass is 16.2. The zero-order valence-electron chi connectivity index (χ0n) is 16.6. The molecule has 0 unspecified atom stereocenters. The summed E-state index contributed by atoms with van der Waals surface area (Å²) in [5.74, 6) is 0.133. The van der Waals surface area contributed by atoms with E-state index in [0.29, 0.717) is 0 Å². The van der Waals surface area contributed by atoms with E-state index >= 15 is 0 Å². The number of hydrogen-bond donors (Lipinski definition) is 0. The van der Waals surface area contributed by atoms with Gasteiger partial charge in [-0.3, -0.25) is 4.79 Å². The molecule has 1 heterocycles. The van der Waals surface area contributed by atoms with E-state index in [9.17, 15) is 4.79 Å². The van der Waals surface area contributed by atoms with Crippen molar-refractivity contribution < 1.29 is 4.79 Å². The molecule has 1 saturated heterocycles. The molecule has 1 aliphatic heterocycles. The van der Waals surface area contributed by atoms with Crippen LogP contribution in [-0.4, -0.2) is 36.0 Å². The lowest BCUT2D eigenvalue weighted by Gasteiger charge is -2.45. The average Bonchev–Trinajstić information content (AvgIpc) is 2.61. The second-order valence-electron chi connectivity index (χ2n) is 8.48. The van der Waals surface area contributed by atoms with Gasteiger partial charge in [0.25, 0.3) is 5.91 Å². The molecular formula is C23H30N2O. The number of piperazine rings is 1. The number of nitrogens with zero attached hydrogens (tertiary/aromatic N) is 2. The Hall–Kier alpha value is -2.29. The first-order valence-electron chi connectivity index (χ1n) is 9.50. The van der Waals surface area contributed by atoms with E-state index in [1.165, 1.54) is 11.3 Å². The summed E-state index contributed by atoms with van der Waals surface area (Å²) in [7, 11) is 0. The first-order valence-corrected chi connectivity index (χ1v) is 9.50. The number of anilines is 1. The monoisotopic (exact) mass is 350 g/mol. The molecule has 3 nitrogen and oxygen atoms in total. The zero-order valence-corrected chi connectivity index (χ0v) is 16.6. The van der Waals surface area contributed by atoms with Crippen LogP contribution in [0.3, 0.4) is 0 Å². The molecule has 0 N–H and O–H groups in total. The van der Waals surface area contributed by atoms with Crippen molar-refractivity contribution in [3.8, 4) is 0 Å². The van der Waals surface area contributed by atoms with Crippen molar-refractivity contribution in [3.63, 3.8) is 0 Å². The lowest BCUT2D eigenvalue weighted by Crippen LogP contribution is -2.58. The fraction of sp³-hybridized carbons (Fsp3) is 0.435. The van der Waals surface area contributed by atoms with Gasteiger partial charge < -0.3 is 9.80 Å². The number of carbonyl (C=O) groups excluding carboxylic acids is 1.